The van der Waals surface area contributed by atoms with Crippen molar-refractivity contribution in [3.8, 4) is 5.75 Å². The van der Waals surface area contributed by atoms with Crippen LogP contribution in [0.1, 0.15) is 33.3 Å². The van der Waals surface area contributed by atoms with E-state index < -0.39 is 0 Å². The first kappa shape index (κ1) is 19.8. The lowest BCUT2D eigenvalue weighted by molar-refractivity contribution is 0.476. The highest BCUT2D eigenvalue weighted by Crippen LogP contribution is 2.32. The number of hydrogen-bond acceptors (Lipinski definition) is 6. The minimum absolute atomic E-state index is 0.0355. The summed E-state index contributed by atoms with van der Waals surface area (Å²) in [5.74, 6) is 1.23. The van der Waals surface area contributed by atoms with Crippen LogP contribution in [0.5, 0.6) is 5.75 Å². The molecule has 2 aromatic heterocycles. The van der Waals surface area contributed by atoms with Gasteiger partial charge in [-0.1, -0.05) is 26.8 Å². The van der Waals surface area contributed by atoms with E-state index in [4.69, 9.17) is 12.2 Å². The second kappa shape index (κ2) is 7.93. The Bertz CT molecular complexity index is 1020. The van der Waals surface area contributed by atoms with Gasteiger partial charge in [-0.15, -0.1) is 0 Å². The van der Waals surface area contributed by atoms with Crippen molar-refractivity contribution in [2.75, 3.05) is 17.2 Å². The normalized spacial score (nSPS) is 11.3. The molecule has 0 fully saturated rings. The Labute approximate surface area is 169 Å². The van der Waals surface area contributed by atoms with E-state index in [0.717, 1.165) is 12.1 Å². The summed E-state index contributed by atoms with van der Waals surface area (Å²) in [4.78, 5) is 13.4. The van der Waals surface area contributed by atoms with Gasteiger partial charge in [0, 0.05) is 6.54 Å². The number of aromatic nitrogens is 3. The van der Waals surface area contributed by atoms with Gasteiger partial charge < -0.3 is 21.1 Å². The summed E-state index contributed by atoms with van der Waals surface area (Å²) in [6.45, 7) is 9.06. The number of aromatic hydroxyl groups is 1. The average Bonchev–Trinajstić information content (AvgIpc) is 2.62. The van der Waals surface area contributed by atoms with Crippen LogP contribution in [0.2, 0.25) is 0 Å². The fourth-order valence-corrected chi connectivity index (χ4v) is 2.84. The number of pyridine rings is 1. The maximum atomic E-state index is 10.2. The molecule has 146 valence electrons. The Balaban J connectivity index is 1.89. The largest absolute Gasteiger partial charge is 0.506 e. The lowest BCUT2D eigenvalue weighted by atomic mass is 9.87. The Kier molecular flexibility index (Phi) is 5.60. The molecule has 2 heterocycles. The van der Waals surface area contributed by atoms with Crippen LogP contribution in [-0.4, -0.2) is 31.7 Å². The highest BCUT2D eigenvalue weighted by atomic mass is 32.1. The van der Waals surface area contributed by atoms with E-state index in [0.29, 0.717) is 33.6 Å². The van der Waals surface area contributed by atoms with Crippen molar-refractivity contribution in [2.24, 2.45) is 0 Å². The summed E-state index contributed by atoms with van der Waals surface area (Å²) in [6.07, 6.45) is 1.61. The highest BCUT2D eigenvalue weighted by Gasteiger charge is 2.16. The molecule has 0 aliphatic rings. The average molecular weight is 397 g/mol. The topological polar surface area (TPSA) is 95.0 Å². The predicted octanol–water partition coefficient (Wildman–Crippen LogP) is 4.08. The van der Waals surface area contributed by atoms with E-state index in [2.05, 4.69) is 51.7 Å². The van der Waals surface area contributed by atoms with Gasteiger partial charge in [0.05, 0.1) is 11.9 Å². The lowest BCUT2D eigenvalue weighted by Crippen LogP contribution is -2.28. The van der Waals surface area contributed by atoms with Gasteiger partial charge in [-0.2, -0.15) is 0 Å². The third-order valence-electron chi connectivity index (χ3n) is 4.11. The van der Waals surface area contributed by atoms with Crippen LogP contribution in [0.4, 0.5) is 17.3 Å². The molecule has 0 bridgehead atoms. The molecule has 8 heteroatoms. The molecule has 0 atom stereocenters. The standard InChI is InChI=1S/C20H24N6OS/c1-5-21-19(28)26-16-9-7-13-18(24-16)25-17(11-22-13)23-14-10-12(20(2,3)4)6-8-15(14)27/h6-11,27H,5H2,1-4H3,(H3,21,23,24,25,26,28). The third-order valence-corrected chi connectivity index (χ3v) is 4.36. The van der Waals surface area contributed by atoms with Crippen LogP contribution in [0, 0.1) is 0 Å². The molecule has 0 saturated heterocycles. The molecule has 7 nitrogen and oxygen atoms in total. The number of phenolic OH excluding ortho intramolecular Hbond substituents is 1. The van der Waals surface area contributed by atoms with Gasteiger partial charge in [0.1, 0.15) is 17.1 Å². The molecule has 0 unspecified atom stereocenters. The Morgan fingerprint density at radius 2 is 1.86 bits per heavy atom. The Morgan fingerprint density at radius 1 is 1.11 bits per heavy atom. The van der Waals surface area contributed by atoms with Crippen molar-refractivity contribution < 1.29 is 5.11 Å². The molecule has 0 aliphatic heterocycles. The number of nitrogens with zero attached hydrogens (tertiary/aromatic N) is 3. The van der Waals surface area contributed by atoms with E-state index in [1.54, 1.807) is 18.3 Å². The molecule has 0 saturated carbocycles. The van der Waals surface area contributed by atoms with Crippen molar-refractivity contribution >= 4 is 45.8 Å². The Hall–Kier alpha value is -3.00. The second-order valence-electron chi connectivity index (χ2n) is 7.39. The second-order valence-corrected chi connectivity index (χ2v) is 7.79. The summed E-state index contributed by atoms with van der Waals surface area (Å²) in [6, 6.07) is 9.14. The zero-order chi connectivity index (χ0) is 20.3. The van der Waals surface area contributed by atoms with Gasteiger partial charge in [-0.3, -0.25) is 0 Å². The van der Waals surface area contributed by atoms with E-state index in [1.165, 1.54) is 0 Å². The maximum Gasteiger partial charge on any atom is 0.182 e. The van der Waals surface area contributed by atoms with Crippen molar-refractivity contribution in [3.63, 3.8) is 0 Å². The molecule has 4 N–H and O–H groups in total. The summed E-state index contributed by atoms with van der Waals surface area (Å²) < 4.78 is 0. The van der Waals surface area contributed by atoms with Crippen molar-refractivity contribution in [2.45, 2.75) is 33.1 Å². The number of thiocarbonyl (C=S) groups is 1. The van der Waals surface area contributed by atoms with Crippen LogP contribution in [0.25, 0.3) is 11.2 Å². The third kappa shape index (κ3) is 4.64. The first-order chi connectivity index (χ1) is 13.3. The van der Waals surface area contributed by atoms with Crippen molar-refractivity contribution in [1.29, 1.82) is 0 Å². The minimum Gasteiger partial charge on any atom is -0.506 e. The van der Waals surface area contributed by atoms with E-state index >= 15 is 0 Å². The number of fused-ring (bicyclic) bond motifs is 1. The number of benzene rings is 1. The summed E-state index contributed by atoms with van der Waals surface area (Å²) >= 11 is 5.19. The highest BCUT2D eigenvalue weighted by molar-refractivity contribution is 7.80. The quantitative estimate of drug-likeness (QED) is 0.387. The molecule has 0 aliphatic carbocycles. The zero-order valence-electron chi connectivity index (χ0n) is 16.4. The molecule has 0 spiro atoms. The van der Waals surface area contributed by atoms with E-state index in [9.17, 15) is 5.11 Å². The maximum absolute atomic E-state index is 10.2. The number of phenols is 1. The van der Waals surface area contributed by atoms with Crippen LogP contribution in [-0.2, 0) is 5.41 Å². The molecule has 1 aromatic carbocycles. The predicted molar refractivity (Wildman–Crippen MR) is 117 cm³/mol. The van der Waals surface area contributed by atoms with Crippen molar-refractivity contribution in [1.82, 2.24) is 20.3 Å². The van der Waals surface area contributed by atoms with Gasteiger partial charge >= 0.3 is 0 Å². The van der Waals surface area contributed by atoms with E-state index in [-0.39, 0.29) is 11.2 Å². The van der Waals surface area contributed by atoms with Gasteiger partial charge in [0.2, 0.25) is 0 Å². The molecular weight excluding hydrogens is 372 g/mol. The van der Waals surface area contributed by atoms with Crippen LogP contribution in [0.3, 0.4) is 0 Å². The van der Waals surface area contributed by atoms with Gasteiger partial charge in [0.15, 0.2) is 16.6 Å². The molecule has 0 amide bonds. The number of hydrogen-bond donors (Lipinski definition) is 4. The van der Waals surface area contributed by atoms with Crippen LogP contribution >= 0.6 is 12.2 Å². The van der Waals surface area contributed by atoms with Crippen LogP contribution < -0.4 is 16.0 Å². The van der Waals surface area contributed by atoms with Gasteiger partial charge in [-0.05, 0) is 54.4 Å². The van der Waals surface area contributed by atoms with E-state index in [1.807, 2.05) is 25.1 Å². The smallest absolute Gasteiger partial charge is 0.182 e. The Morgan fingerprint density at radius 3 is 2.57 bits per heavy atom. The van der Waals surface area contributed by atoms with Crippen molar-refractivity contribution in [3.05, 3.63) is 42.1 Å². The number of rotatable bonds is 4. The number of nitrogens with one attached hydrogen (secondary N) is 3. The molecule has 28 heavy (non-hydrogen) atoms. The summed E-state index contributed by atoms with van der Waals surface area (Å²) in [5.41, 5.74) is 2.78. The van der Waals surface area contributed by atoms with Gasteiger partial charge in [0.25, 0.3) is 0 Å². The first-order valence-corrected chi connectivity index (χ1v) is 9.46. The first-order valence-electron chi connectivity index (χ1n) is 9.05. The molecular formula is C20H24N6OS. The molecule has 3 aromatic rings. The van der Waals surface area contributed by atoms with Gasteiger partial charge in [-0.25, -0.2) is 15.0 Å². The minimum atomic E-state index is -0.0355. The fraction of sp³-hybridized carbons (Fsp3) is 0.300. The monoisotopic (exact) mass is 396 g/mol. The zero-order valence-corrected chi connectivity index (χ0v) is 17.2. The number of anilines is 3. The molecule has 3 rings (SSSR count). The lowest BCUT2D eigenvalue weighted by Gasteiger charge is -2.20. The molecule has 0 radical (unpaired) electrons. The fourth-order valence-electron chi connectivity index (χ4n) is 2.59. The SMILES string of the molecule is CCNC(=S)Nc1ccc2ncc(Nc3cc(C(C)(C)C)ccc3O)nc2n1. The summed E-state index contributed by atoms with van der Waals surface area (Å²) in [5, 5.41) is 19.9. The van der Waals surface area contributed by atoms with Crippen LogP contribution in [0.15, 0.2) is 36.5 Å². The summed E-state index contributed by atoms with van der Waals surface area (Å²) in [7, 11) is 0.